The predicted molar refractivity (Wildman–Crippen MR) is 402 cm³/mol. The van der Waals surface area contributed by atoms with E-state index in [-0.39, 0.29) is 32.0 Å². The average molecular weight is 1320 g/mol. The molecule has 0 aliphatic rings. The van der Waals surface area contributed by atoms with E-state index < -0.39 is 26.5 Å². The number of nitrogens with zero attached hydrogens (tertiary/aromatic N) is 1. The van der Waals surface area contributed by atoms with Gasteiger partial charge in [-0.1, -0.05) is 381 Å². The Labute approximate surface area is 577 Å². The van der Waals surface area contributed by atoms with Crippen LogP contribution >= 0.6 is 7.82 Å². The van der Waals surface area contributed by atoms with Crippen molar-refractivity contribution in [2.75, 3.05) is 47.5 Å². The quantitative estimate of drug-likeness (QED) is 0.0195. The van der Waals surface area contributed by atoms with Crippen LogP contribution < -0.4 is 4.89 Å². The summed E-state index contributed by atoms with van der Waals surface area (Å²) in [6.45, 7) is 4.18. The van der Waals surface area contributed by atoms with Gasteiger partial charge in [0.15, 0.2) is 6.10 Å². The maximum atomic E-state index is 12.9. The molecule has 2 unspecified atom stereocenters. The molecule has 0 saturated carbocycles. The summed E-state index contributed by atoms with van der Waals surface area (Å²) in [5.41, 5.74) is 0. The van der Waals surface area contributed by atoms with Gasteiger partial charge >= 0.3 is 11.9 Å². The molecule has 0 heterocycles. The minimum absolute atomic E-state index is 0.0315. The number of carbonyl (C=O) groups is 2. The molecule has 0 aromatic carbocycles. The molecule has 0 amide bonds. The lowest BCUT2D eigenvalue weighted by Gasteiger charge is -2.28. The van der Waals surface area contributed by atoms with Crippen LogP contribution in [-0.4, -0.2) is 70.0 Å². The number of unbranched alkanes of at least 4 members (excludes halogenated alkanes) is 46. The summed E-state index contributed by atoms with van der Waals surface area (Å²) < 4.78 is 34.4. The minimum Gasteiger partial charge on any atom is -0.756 e. The molecular formula is C83H152NO8P. The predicted octanol–water partition coefficient (Wildman–Crippen LogP) is 25.8. The van der Waals surface area contributed by atoms with Crippen molar-refractivity contribution in [3.05, 3.63) is 85.1 Å². The molecule has 0 bridgehead atoms. The first kappa shape index (κ1) is 90.2. The van der Waals surface area contributed by atoms with Crippen molar-refractivity contribution in [1.82, 2.24) is 0 Å². The van der Waals surface area contributed by atoms with Crippen LogP contribution in [0.4, 0.5) is 0 Å². The first-order chi connectivity index (χ1) is 45.5. The minimum atomic E-state index is -4.65. The fourth-order valence-corrected chi connectivity index (χ4v) is 12.4. The van der Waals surface area contributed by atoms with Crippen molar-refractivity contribution >= 4 is 19.8 Å². The lowest BCUT2D eigenvalue weighted by molar-refractivity contribution is -0.870. The third kappa shape index (κ3) is 78.1. The monoisotopic (exact) mass is 1320 g/mol. The maximum absolute atomic E-state index is 12.9. The average Bonchev–Trinajstić information content (AvgIpc) is 2.44. The summed E-state index contributed by atoms with van der Waals surface area (Å²) in [6.07, 6.45) is 101. The Hall–Kier alpha value is -2.81. The highest BCUT2D eigenvalue weighted by molar-refractivity contribution is 7.45. The number of esters is 2. The second-order valence-corrected chi connectivity index (χ2v) is 29.5. The molecule has 0 rings (SSSR count). The van der Waals surface area contributed by atoms with Crippen molar-refractivity contribution in [1.29, 1.82) is 0 Å². The van der Waals surface area contributed by atoms with Crippen LogP contribution in [0.1, 0.15) is 380 Å². The van der Waals surface area contributed by atoms with Crippen molar-refractivity contribution < 1.29 is 42.1 Å². The second-order valence-electron chi connectivity index (χ2n) is 28.1. The number of carbonyl (C=O) groups excluding carboxylic acids is 2. The largest absolute Gasteiger partial charge is 0.756 e. The van der Waals surface area contributed by atoms with E-state index in [1.165, 1.54) is 263 Å². The molecule has 0 aliphatic heterocycles. The number of hydrogen-bond acceptors (Lipinski definition) is 8. The van der Waals surface area contributed by atoms with Crippen LogP contribution in [0.25, 0.3) is 0 Å². The van der Waals surface area contributed by atoms with Crippen molar-refractivity contribution in [2.24, 2.45) is 0 Å². The van der Waals surface area contributed by atoms with Gasteiger partial charge in [0.2, 0.25) is 0 Å². The molecule has 0 N–H and O–H groups in total. The van der Waals surface area contributed by atoms with Crippen LogP contribution in [0.2, 0.25) is 0 Å². The number of quaternary nitrogens is 1. The Morgan fingerprint density at radius 2 is 0.613 bits per heavy atom. The van der Waals surface area contributed by atoms with E-state index in [0.717, 1.165) is 83.5 Å². The highest BCUT2D eigenvalue weighted by Crippen LogP contribution is 2.38. The third-order valence-corrected chi connectivity index (χ3v) is 18.6. The third-order valence-electron chi connectivity index (χ3n) is 17.7. The van der Waals surface area contributed by atoms with E-state index in [9.17, 15) is 19.0 Å². The van der Waals surface area contributed by atoms with Crippen LogP contribution in [0.3, 0.4) is 0 Å². The zero-order valence-electron chi connectivity index (χ0n) is 62.0. The van der Waals surface area contributed by atoms with E-state index >= 15 is 0 Å². The Balaban J connectivity index is 3.96. The van der Waals surface area contributed by atoms with Crippen molar-refractivity contribution in [3.63, 3.8) is 0 Å². The first-order valence-corrected chi connectivity index (χ1v) is 41.3. The van der Waals surface area contributed by atoms with E-state index in [2.05, 4.69) is 98.9 Å². The molecular weight excluding hydrogens is 1170 g/mol. The van der Waals surface area contributed by atoms with Gasteiger partial charge < -0.3 is 27.9 Å². The van der Waals surface area contributed by atoms with Gasteiger partial charge in [-0.3, -0.25) is 14.2 Å². The molecule has 0 aromatic heterocycles. The molecule has 542 valence electrons. The molecule has 10 heteroatoms. The topological polar surface area (TPSA) is 111 Å². The van der Waals surface area contributed by atoms with Crippen molar-refractivity contribution in [3.8, 4) is 0 Å². The summed E-state index contributed by atoms with van der Waals surface area (Å²) >= 11 is 0. The number of phosphoric ester groups is 1. The Bertz CT molecular complexity index is 1850. The van der Waals surface area contributed by atoms with Crippen LogP contribution in [-0.2, 0) is 32.7 Å². The SMILES string of the molecule is CC/C=C\C/C=C\C/C=C\C/C=C\C/C=C\C/C=C\C/C=C\CCCCCCCCCCCCCCCC(=O)OC(COC(=O)CCCCCCCCCCCCCCCCCCCCCCCCCCCCCCCCCCCC)COP(=O)([O-])OCC[N+](C)(C)C. The smallest absolute Gasteiger partial charge is 0.306 e. The summed E-state index contributed by atoms with van der Waals surface area (Å²) in [5, 5.41) is 0. The summed E-state index contributed by atoms with van der Waals surface area (Å²) in [5.74, 6) is -0.819. The van der Waals surface area contributed by atoms with Crippen molar-refractivity contribution in [2.45, 2.75) is 386 Å². The van der Waals surface area contributed by atoms with Gasteiger partial charge in [0, 0.05) is 12.8 Å². The van der Waals surface area contributed by atoms with Crippen LogP contribution in [0.15, 0.2) is 85.1 Å². The number of hydrogen-bond donors (Lipinski definition) is 0. The number of allylic oxidation sites excluding steroid dienone is 14. The van der Waals surface area contributed by atoms with Gasteiger partial charge in [-0.05, 0) is 70.6 Å². The summed E-state index contributed by atoms with van der Waals surface area (Å²) in [7, 11) is 1.18. The van der Waals surface area contributed by atoms with E-state index in [1.807, 2.05) is 21.1 Å². The standard InChI is InChI=1S/C83H152NO8P/c1-6-8-10-12-14-16-18-20-22-24-26-28-30-32-34-36-38-40-42-44-46-48-50-52-54-56-58-60-62-64-66-68-70-72-74-76-83(86)92-81(80-91-93(87,88)90-78-77-84(3,4)5)79-89-82(85)75-73-71-69-67-65-63-61-59-57-55-53-51-49-47-45-43-41-39-37-35-33-31-29-27-25-23-21-19-17-15-13-11-9-7-2/h8,10,14,16,20,22,26,28,32,34,38,40,44,46,81H,6-7,9,11-13,15,17-19,21,23-25,27,29-31,33,35-37,39,41-43,45,47-80H2,1-5H3/b10-8-,16-14-,22-20-,28-26-,34-32-,40-38-,46-44-. The molecule has 0 radical (unpaired) electrons. The van der Waals surface area contributed by atoms with Gasteiger partial charge in [-0.15, -0.1) is 0 Å². The number of ether oxygens (including phenoxy) is 2. The van der Waals surface area contributed by atoms with E-state index in [4.69, 9.17) is 18.5 Å². The van der Waals surface area contributed by atoms with E-state index in [0.29, 0.717) is 17.4 Å². The zero-order valence-corrected chi connectivity index (χ0v) is 62.8. The molecule has 0 saturated heterocycles. The normalized spacial score (nSPS) is 13.5. The van der Waals surface area contributed by atoms with Gasteiger partial charge in [-0.2, -0.15) is 0 Å². The highest BCUT2D eigenvalue weighted by atomic mass is 31.2. The van der Waals surface area contributed by atoms with Gasteiger partial charge in [-0.25, -0.2) is 0 Å². The Morgan fingerprint density at radius 1 is 0.344 bits per heavy atom. The molecule has 0 aromatic rings. The number of phosphoric acid groups is 1. The Kier molecular flexibility index (Phi) is 71.2. The summed E-state index contributed by atoms with van der Waals surface area (Å²) in [6, 6.07) is 0. The molecule has 0 aliphatic carbocycles. The molecule has 0 fully saturated rings. The summed E-state index contributed by atoms with van der Waals surface area (Å²) in [4.78, 5) is 38.2. The van der Waals surface area contributed by atoms with Gasteiger partial charge in [0.05, 0.1) is 27.7 Å². The molecule has 93 heavy (non-hydrogen) atoms. The molecule has 9 nitrogen and oxygen atoms in total. The fourth-order valence-electron chi connectivity index (χ4n) is 11.6. The second kappa shape index (κ2) is 73.4. The highest BCUT2D eigenvalue weighted by Gasteiger charge is 2.22. The zero-order chi connectivity index (χ0) is 67.6. The van der Waals surface area contributed by atoms with Crippen LogP contribution in [0.5, 0.6) is 0 Å². The van der Waals surface area contributed by atoms with Gasteiger partial charge in [0.25, 0.3) is 7.82 Å². The maximum Gasteiger partial charge on any atom is 0.306 e. The lowest BCUT2D eigenvalue weighted by Crippen LogP contribution is -2.37. The number of likely N-dealkylation sites (N-methyl/N-ethyl adjacent to an activating group) is 1. The fraction of sp³-hybridized carbons (Fsp3) is 0.807. The molecule has 0 spiro atoms. The lowest BCUT2D eigenvalue weighted by atomic mass is 10.0. The van der Waals surface area contributed by atoms with Crippen LogP contribution in [0, 0.1) is 0 Å². The van der Waals surface area contributed by atoms with E-state index in [1.54, 1.807) is 0 Å². The number of rotatable bonds is 74. The van der Waals surface area contributed by atoms with Gasteiger partial charge in [0.1, 0.15) is 19.8 Å². The first-order valence-electron chi connectivity index (χ1n) is 39.8. The Morgan fingerprint density at radius 3 is 0.914 bits per heavy atom. The molecule has 2 atom stereocenters.